The van der Waals surface area contributed by atoms with Gasteiger partial charge in [0.25, 0.3) is 0 Å². The highest BCUT2D eigenvalue weighted by atomic mass is 79.9. The van der Waals surface area contributed by atoms with E-state index in [9.17, 15) is 9.59 Å². The average molecular weight is 317 g/mol. The molecule has 0 unspecified atom stereocenters. The van der Waals surface area contributed by atoms with E-state index in [-0.39, 0.29) is 23.7 Å². The fourth-order valence-corrected chi connectivity index (χ4v) is 2.19. The summed E-state index contributed by atoms with van der Waals surface area (Å²) in [6, 6.07) is 0. The summed E-state index contributed by atoms with van der Waals surface area (Å²) in [4.78, 5) is 25.5. The van der Waals surface area contributed by atoms with Crippen LogP contribution in [-0.4, -0.2) is 36.3 Å². The maximum atomic E-state index is 11.8. The predicted molar refractivity (Wildman–Crippen MR) is 75.2 cm³/mol. The van der Waals surface area contributed by atoms with Gasteiger partial charge in [0.05, 0.1) is 0 Å². The highest BCUT2D eigenvalue weighted by molar-refractivity contribution is 9.11. The maximum absolute atomic E-state index is 11.8. The maximum Gasteiger partial charge on any atom is 0.225 e. The van der Waals surface area contributed by atoms with E-state index < -0.39 is 0 Å². The molecule has 1 aliphatic rings. The molecule has 102 valence electrons. The first-order valence-electron chi connectivity index (χ1n) is 6.31. The SMILES string of the molecule is C=C(Br)CNC(=O)C1CCN(C(=O)C(C)C)CC1. The minimum Gasteiger partial charge on any atom is -0.351 e. The summed E-state index contributed by atoms with van der Waals surface area (Å²) in [5.41, 5.74) is 0. The number of halogens is 1. The van der Waals surface area contributed by atoms with Gasteiger partial charge in [0.1, 0.15) is 0 Å². The normalized spacial score (nSPS) is 16.8. The molecule has 1 saturated heterocycles. The van der Waals surface area contributed by atoms with Crippen molar-refractivity contribution in [1.29, 1.82) is 0 Å². The first-order valence-corrected chi connectivity index (χ1v) is 7.11. The Morgan fingerprint density at radius 2 is 1.94 bits per heavy atom. The van der Waals surface area contributed by atoms with E-state index in [0.29, 0.717) is 19.6 Å². The Kier molecular flexibility index (Phi) is 5.85. The molecule has 18 heavy (non-hydrogen) atoms. The smallest absolute Gasteiger partial charge is 0.225 e. The summed E-state index contributed by atoms with van der Waals surface area (Å²) in [6.45, 7) is 9.32. The summed E-state index contributed by atoms with van der Waals surface area (Å²) in [5.74, 6) is 0.301. The summed E-state index contributed by atoms with van der Waals surface area (Å²) < 4.78 is 0.767. The zero-order chi connectivity index (χ0) is 13.7. The number of nitrogens with zero attached hydrogens (tertiary/aromatic N) is 1. The van der Waals surface area contributed by atoms with Crippen molar-refractivity contribution in [1.82, 2.24) is 10.2 Å². The summed E-state index contributed by atoms with van der Waals surface area (Å²) in [6.07, 6.45) is 1.50. The van der Waals surface area contributed by atoms with Crippen LogP contribution in [0, 0.1) is 11.8 Å². The zero-order valence-electron chi connectivity index (χ0n) is 11.0. The van der Waals surface area contributed by atoms with Gasteiger partial charge in [-0.1, -0.05) is 36.4 Å². The standard InChI is InChI=1S/C13H21BrN2O2/c1-9(2)13(18)16-6-4-11(5-7-16)12(17)15-8-10(3)14/h9,11H,3-8H2,1-2H3,(H,15,17). The number of rotatable bonds is 4. The molecule has 5 heteroatoms. The number of amides is 2. The van der Waals surface area contributed by atoms with Crippen molar-refractivity contribution >= 4 is 27.7 Å². The molecule has 0 bridgehead atoms. The molecule has 0 aromatic carbocycles. The third kappa shape index (κ3) is 4.44. The molecular weight excluding hydrogens is 296 g/mol. The van der Waals surface area contributed by atoms with E-state index in [2.05, 4.69) is 27.8 Å². The average Bonchev–Trinajstić information content (AvgIpc) is 2.35. The van der Waals surface area contributed by atoms with Crippen LogP contribution in [0.1, 0.15) is 26.7 Å². The molecule has 0 atom stereocenters. The van der Waals surface area contributed by atoms with Gasteiger partial charge in [-0.05, 0) is 12.8 Å². The molecule has 0 radical (unpaired) electrons. The van der Waals surface area contributed by atoms with Crippen LogP contribution in [-0.2, 0) is 9.59 Å². The minimum absolute atomic E-state index is 0.0214. The molecular formula is C13H21BrN2O2. The largest absolute Gasteiger partial charge is 0.351 e. The predicted octanol–water partition coefficient (Wildman–Crippen LogP) is 1.91. The van der Waals surface area contributed by atoms with E-state index in [4.69, 9.17) is 0 Å². The van der Waals surface area contributed by atoms with Gasteiger partial charge in [-0.25, -0.2) is 0 Å². The molecule has 1 rings (SSSR count). The number of hydrogen-bond donors (Lipinski definition) is 1. The van der Waals surface area contributed by atoms with E-state index in [1.54, 1.807) is 0 Å². The van der Waals surface area contributed by atoms with Gasteiger partial charge >= 0.3 is 0 Å². The Morgan fingerprint density at radius 3 is 2.39 bits per heavy atom. The minimum atomic E-state index is 0.0214. The van der Waals surface area contributed by atoms with E-state index in [0.717, 1.165) is 17.3 Å². The third-order valence-electron chi connectivity index (χ3n) is 3.13. The van der Waals surface area contributed by atoms with Gasteiger partial charge in [-0.15, -0.1) is 0 Å². The van der Waals surface area contributed by atoms with Crippen LogP contribution < -0.4 is 5.32 Å². The molecule has 1 heterocycles. The van der Waals surface area contributed by atoms with Crippen LogP contribution in [0.3, 0.4) is 0 Å². The summed E-state index contributed by atoms with van der Waals surface area (Å²) >= 11 is 3.21. The molecule has 1 fully saturated rings. The van der Waals surface area contributed by atoms with Gasteiger partial charge in [-0.3, -0.25) is 9.59 Å². The van der Waals surface area contributed by atoms with Gasteiger partial charge < -0.3 is 10.2 Å². The van der Waals surface area contributed by atoms with Crippen molar-refractivity contribution in [2.75, 3.05) is 19.6 Å². The van der Waals surface area contributed by atoms with Crippen LogP contribution in [0.4, 0.5) is 0 Å². The molecule has 1 aliphatic heterocycles. The summed E-state index contributed by atoms with van der Waals surface area (Å²) in [5, 5.41) is 2.83. The lowest BCUT2D eigenvalue weighted by atomic mass is 9.95. The Bertz CT molecular complexity index is 334. The molecule has 0 aliphatic carbocycles. The van der Waals surface area contributed by atoms with Crippen molar-refractivity contribution in [3.63, 3.8) is 0 Å². The molecule has 0 spiro atoms. The van der Waals surface area contributed by atoms with Crippen LogP contribution >= 0.6 is 15.9 Å². The molecule has 2 amide bonds. The topological polar surface area (TPSA) is 49.4 Å². The van der Waals surface area contributed by atoms with Crippen LogP contribution in [0.15, 0.2) is 11.1 Å². The van der Waals surface area contributed by atoms with E-state index in [1.807, 2.05) is 18.7 Å². The lowest BCUT2D eigenvalue weighted by Crippen LogP contribution is -2.44. The Morgan fingerprint density at radius 1 is 1.39 bits per heavy atom. The molecule has 0 aromatic rings. The number of nitrogens with one attached hydrogen (secondary N) is 1. The Balaban J connectivity index is 2.37. The van der Waals surface area contributed by atoms with Crippen molar-refractivity contribution in [3.8, 4) is 0 Å². The first kappa shape index (κ1) is 15.2. The highest BCUT2D eigenvalue weighted by Gasteiger charge is 2.27. The number of carbonyl (C=O) groups excluding carboxylic acids is 2. The monoisotopic (exact) mass is 316 g/mol. The molecule has 0 aromatic heterocycles. The number of likely N-dealkylation sites (tertiary alicyclic amines) is 1. The lowest BCUT2D eigenvalue weighted by molar-refractivity contribution is -0.138. The highest BCUT2D eigenvalue weighted by Crippen LogP contribution is 2.19. The van der Waals surface area contributed by atoms with Crippen LogP contribution in [0.2, 0.25) is 0 Å². The molecule has 0 saturated carbocycles. The number of piperidine rings is 1. The second kappa shape index (κ2) is 6.92. The van der Waals surface area contributed by atoms with E-state index in [1.165, 1.54) is 0 Å². The second-order valence-corrected chi connectivity index (χ2v) is 6.11. The van der Waals surface area contributed by atoms with Crippen molar-refractivity contribution in [2.45, 2.75) is 26.7 Å². The summed E-state index contributed by atoms with van der Waals surface area (Å²) in [7, 11) is 0. The van der Waals surface area contributed by atoms with Crippen LogP contribution in [0.25, 0.3) is 0 Å². The Hall–Kier alpha value is -0.840. The van der Waals surface area contributed by atoms with Crippen molar-refractivity contribution in [2.24, 2.45) is 11.8 Å². The van der Waals surface area contributed by atoms with Gasteiger partial charge in [0.2, 0.25) is 11.8 Å². The molecule has 4 nitrogen and oxygen atoms in total. The lowest BCUT2D eigenvalue weighted by Gasteiger charge is -2.32. The quantitative estimate of drug-likeness (QED) is 0.861. The fraction of sp³-hybridized carbons (Fsp3) is 0.692. The van der Waals surface area contributed by atoms with Crippen molar-refractivity contribution < 1.29 is 9.59 Å². The first-order chi connectivity index (χ1) is 8.41. The fourth-order valence-electron chi connectivity index (χ4n) is 2.05. The van der Waals surface area contributed by atoms with Crippen LogP contribution in [0.5, 0.6) is 0 Å². The Labute approximate surface area is 117 Å². The van der Waals surface area contributed by atoms with Gasteiger partial charge in [-0.2, -0.15) is 0 Å². The van der Waals surface area contributed by atoms with Crippen molar-refractivity contribution in [3.05, 3.63) is 11.1 Å². The van der Waals surface area contributed by atoms with E-state index >= 15 is 0 Å². The van der Waals surface area contributed by atoms with Gasteiger partial charge in [0, 0.05) is 36.0 Å². The third-order valence-corrected chi connectivity index (χ3v) is 3.41. The number of carbonyl (C=O) groups is 2. The second-order valence-electron chi connectivity index (χ2n) is 4.99. The zero-order valence-corrected chi connectivity index (χ0v) is 12.6. The van der Waals surface area contributed by atoms with Gasteiger partial charge in [0.15, 0.2) is 0 Å². The molecule has 1 N–H and O–H groups in total. The number of hydrogen-bond acceptors (Lipinski definition) is 2.